The van der Waals surface area contributed by atoms with Crippen molar-refractivity contribution < 1.29 is 14.3 Å². The van der Waals surface area contributed by atoms with Crippen molar-refractivity contribution >= 4 is 17.2 Å². The third kappa shape index (κ3) is 5.57. The van der Waals surface area contributed by atoms with Crippen molar-refractivity contribution in [1.29, 1.82) is 0 Å². The highest BCUT2D eigenvalue weighted by Gasteiger charge is 2.20. The number of amides is 1. The van der Waals surface area contributed by atoms with E-state index in [4.69, 9.17) is 9.47 Å². The first-order chi connectivity index (χ1) is 14.0. The second-order valence-corrected chi connectivity index (χ2v) is 8.04. The van der Waals surface area contributed by atoms with E-state index < -0.39 is 0 Å². The molecule has 3 aromatic rings. The van der Waals surface area contributed by atoms with E-state index in [1.54, 1.807) is 42.7 Å². The van der Waals surface area contributed by atoms with Crippen molar-refractivity contribution in [1.82, 2.24) is 9.88 Å². The molecule has 0 fully saturated rings. The highest BCUT2D eigenvalue weighted by atomic mass is 32.1. The monoisotopic (exact) mass is 410 g/mol. The number of hydrogen-bond donors (Lipinski definition) is 0. The summed E-state index contributed by atoms with van der Waals surface area (Å²) in [6, 6.07) is 15.2. The number of carbonyl (C=O) groups is 1. The number of carbonyl (C=O) groups excluding carboxylic acids is 1. The van der Waals surface area contributed by atoms with E-state index >= 15 is 0 Å². The molecule has 3 rings (SSSR count). The zero-order valence-corrected chi connectivity index (χ0v) is 18.0. The molecule has 0 saturated heterocycles. The number of hydrogen-bond acceptors (Lipinski definition) is 5. The molecule has 29 heavy (non-hydrogen) atoms. The average Bonchev–Trinajstić information content (AvgIpc) is 3.17. The lowest BCUT2D eigenvalue weighted by molar-refractivity contribution is 0.0688. The number of benzene rings is 2. The molecule has 0 N–H and O–H groups in total. The lowest BCUT2D eigenvalue weighted by Crippen LogP contribution is -2.36. The van der Waals surface area contributed by atoms with Crippen LogP contribution in [0.4, 0.5) is 0 Å². The Morgan fingerprint density at radius 1 is 1.14 bits per heavy atom. The van der Waals surface area contributed by atoms with Crippen LogP contribution in [0.2, 0.25) is 0 Å². The molecule has 0 unspecified atom stereocenters. The minimum Gasteiger partial charge on any atom is -0.497 e. The van der Waals surface area contributed by atoms with Crippen molar-refractivity contribution in [3.05, 3.63) is 75.7 Å². The molecule has 0 radical (unpaired) electrons. The van der Waals surface area contributed by atoms with Crippen molar-refractivity contribution in [2.75, 3.05) is 7.11 Å². The molecule has 1 heterocycles. The minimum atomic E-state index is -0.0202. The molecule has 1 amide bonds. The number of rotatable bonds is 8. The molecule has 0 aliphatic heterocycles. The van der Waals surface area contributed by atoms with E-state index in [2.05, 4.69) is 4.98 Å². The Bertz CT molecular complexity index is 951. The topological polar surface area (TPSA) is 51.7 Å². The number of aryl methyl sites for hydroxylation is 1. The standard InChI is InChI=1S/C23H26N2O3S/c1-16(2)25(23(26)18-8-10-20(27-4)11-9-18)13-19-15-29-22(24-19)14-28-21-7-5-6-17(3)12-21/h5-12,15-16H,13-14H2,1-4H3. The van der Waals surface area contributed by atoms with Crippen LogP contribution in [0.25, 0.3) is 0 Å². The van der Waals surface area contributed by atoms with Crippen LogP contribution in [-0.4, -0.2) is 28.9 Å². The van der Waals surface area contributed by atoms with Gasteiger partial charge in [0.15, 0.2) is 0 Å². The first-order valence-electron chi connectivity index (χ1n) is 9.54. The molecule has 0 spiro atoms. The summed E-state index contributed by atoms with van der Waals surface area (Å²) in [6.07, 6.45) is 0. The van der Waals surface area contributed by atoms with Crippen LogP contribution >= 0.6 is 11.3 Å². The fraction of sp³-hybridized carbons (Fsp3) is 0.304. The first kappa shape index (κ1) is 20.9. The van der Waals surface area contributed by atoms with E-state index in [1.807, 2.05) is 55.3 Å². The van der Waals surface area contributed by atoms with Gasteiger partial charge < -0.3 is 14.4 Å². The summed E-state index contributed by atoms with van der Waals surface area (Å²) in [5.74, 6) is 1.55. The lowest BCUT2D eigenvalue weighted by Gasteiger charge is -2.26. The van der Waals surface area contributed by atoms with Gasteiger partial charge in [0.2, 0.25) is 0 Å². The molecule has 6 heteroatoms. The van der Waals surface area contributed by atoms with Crippen LogP contribution < -0.4 is 9.47 Å². The summed E-state index contributed by atoms with van der Waals surface area (Å²) in [7, 11) is 1.61. The fourth-order valence-corrected chi connectivity index (χ4v) is 3.60. The Balaban J connectivity index is 1.65. The molecule has 0 bridgehead atoms. The highest BCUT2D eigenvalue weighted by Crippen LogP contribution is 2.20. The molecular formula is C23H26N2O3S. The largest absolute Gasteiger partial charge is 0.497 e. The van der Waals surface area contributed by atoms with E-state index in [9.17, 15) is 4.79 Å². The molecule has 152 valence electrons. The van der Waals surface area contributed by atoms with Gasteiger partial charge in [-0.05, 0) is 62.7 Å². The second-order valence-electron chi connectivity index (χ2n) is 7.09. The van der Waals surface area contributed by atoms with Gasteiger partial charge >= 0.3 is 0 Å². The summed E-state index contributed by atoms with van der Waals surface area (Å²) in [6.45, 7) is 6.94. The zero-order valence-electron chi connectivity index (χ0n) is 17.2. The Labute approximate surface area is 175 Å². The van der Waals surface area contributed by atoms with E-state index in [0.29, 0.717) is 18.7 Å². The predicted molar refractivity (Wildman–Crippen MR) is 116 cm³/mol. The number of ether oxygens (including phenoxy) is 2. The first-order valence-corrected chi connectivity index (χ1v) is 10.4. The normalized spacial score (nSPS) is 10.8. The fourth-order valence-electron chi connectivity index (χ4n) is 2.90. The summed E-state index contributed by atoms with van der Waals surface area (Å²) in [5.41, 5.74) is 2.66. The molecule has 0 saturated carbocycles. The molecule has 1 aromatic heterocycles. The smallest absolute Gasteiger partial charge is 0.254 e. The lowest BCUT2D eigenvalue weighted by atomic mass is 10.1. The van der Waals surface area contributed by atoms with Crippen LogP contribution in [0.5, 0.6) is 11.5 Å². The van der Waals surface area contributed by atoms with E-state index in [1.165, 1.54) is 0 Å². The quantitative estimate of drug-likeness (QED) is 0.519. The van der Waals surface area contributed by atoms with E-state index in [-0.39, 0.29) is 11.9 Å². The Morgan fingerprint density at radius 3 is 2.55 bits per heavy atom. The van der Waals surface area contributed by atoms with E-state index in [0.717, 1.165) is 27.8 Å². The number of thiazole rings is 1. The number of methoxy groups -OCH3 is 1. The van der Waals surface area contributed by atoms with Crippen LogP contribution in [-0.2, 0) is 13.2 Å². The summed E-state index contributed by atoms with van der Waals surface area (Å²) < 4.78 is 11.0. The van der Waals surface area contributed by atoms with Crippen molar-refractivity contribution in [2.45, 2.75) is 40.0 Å². The Hall–Kier alpha value is -2.86. The van der Waals surface area contributed by atoms with Gasteiger partial charge in [-0.3, -0.25) is 4.79 Å². The number of nitrogens with zero attached hydrogens (tertiary/aromatic N) is 2. The predicted octanol–water partition coefficient (Wildman–Crippen LogP) is 5.09. The van der Waals surface area contributed by atoms with Gasteiger partial charge in [-0.15, -0.1) is 11.3 Å². The van der Waals surface area contributed by atoms with Gasteiger partial charge in [0, 0.05) is 17.0 Å². The third-order valence-corrected chi connectivity index (χ3v) is 5.38. The van der Waals surface area contributed by atoms with Gasteiger partial charge in [0.1, 0.15) is 23.1 Å². The second kappa shape index (κ2) is 9.56. The SMILES string of the molecule is COc1ccc(C(=O)N(Cc2csc(COc3cccc(C)c3)n2)C(C)C)cc1. The minimum absolute atomic E-state index is 0.0202. The van der Waals surface area contributed by atoms with Crippen molar-refractivity contribution in [3.8, 4) is 11.5 Å². The molecule has 0 atom stereocenters. The molecule has 5 nitrogen and oxygen atoms in total. The summed E-state index contributed by atoms with van der Waals surface area (Å²) in [4.78, 5) is 19.5. The number of aromatic nitrogens is 1. The van der Waals surface area contributed by atoms with Gasteiger partial charge in [-0.2, -0.15) is 0 Å². The highest BCUT2D eigenvalue weighted by molar-refractivity contribution is 7.09. The maximum atomic E-state index is 13.0. The zero-order chi connectivity index (χ0) is 20.8. The van der Waals surface area contributed by atoms with Gasteiger partial charge in [-0.1, -0.05) is 12.1 Å². The Kier molecular flexibility index (Phi) is 6.88. The van der Waals surface area contributed by atoms with Crippen LogP contribution in [0, 0.1) is 6.92 Å². The molecule has 2 aromatic carbocycles. The van der Waals surface area contributed by atoms with Gasteiger partial charge in [0.25, 0.3) is 5.91 Å². The van der Waals surface area contributed by atoms with Gasteiger partial charge in [-0.25, -0.2) is 4.98 Å². The maximum Gasteiger partial charge on any atom is 0.254 e. The maximum absolute atomic E-state index is 13.0. The van der Waals surface area contributed by atoms with Gasteiger partial charge in [0.05, 0.1) is 19.3 Å². The molecule has 0 aliphatic rings. The molecule has 0 aliphatic carbocycles. The average molecular weight is 411 g/mol. The third-order valence-electron chi connectivity index (χ3n) is 4.50. The van der Waals surface area contributed by atoms with Crippen LogP contribution in [0.15, 0.2) is 53.9 Å². The summed E-state index contributed by atoms with van der Waals surface area (Å²) in [5, 5.41) is 2.88. The molecular weight excluding hydrogens is 384 g/mol. The van der Waals surface area contributed by atoms with Crippen LogP contribution in [0.3, 0.4) is 0 Å². The van der Waals surface area contributed by atoms with Crippen LogP contribution in [0.1, 0.15) is 40.5 Å². The van der Waals surface area contributed by atoms with Crippen molar-refractivity contribution in [2.24, 2.45) is 0 Å². The van der Waals surface area contributed by atoms with Crippen molar-refractivity contribution in [3.63, 3.8) is 0 Å². The Morgan fingerprint density at radius 2 is 1.90 bits per heavy atom. The summed E-state index contributed by atoms with van der Waals surface area (Å²) >= 11 is 1.55.